The Labute approximate surface area is 108 Å². The van der Waals surface area contributed by atoms with Gasteiger partial charge in [-0.05, 0) is 32.0 Å². The number of anilines is 1. The zero-order valence-electron chi connectivity index (χ0n) is 9.75. The Hall–Kier alpha value is -1.88. The largest absolute Gasteiger partial charge is 0.478 e. The molecule has 0 saturated heterocycles. The van der Waals surface area contributed by atoms with E-state index in [2.05, 4.69) is 5.32 Å². The van der Waals surface area contributed by atoms with Crippen LogP contribution >= 0.6 is 11.6 Å². The number of carboxylic acid groups (broad SMARTS) is 1. The monoisotopic (exact) mass is 271 g/mol. The minimum absolute atomic E-state index is 0.0443. The molecule has 96 valence electrons. The van der Waals surface area contributed by atoms with Gasteiger partial charge in [0.25, 0.3) is 5.91 Å². The quantitative estimate of drug-likeness (QED) is 0.831. The van der Waals surface area contributed by atoms with Gasteiger partial charge in [0.05, 0.1) is 0 Å². The number of amides is 1. The summed E-state index contributed by atoms with van der Waals surface area (Å²) in [7, 11) is 0. The number of hydrogen-bond acceptors (Lipinski definition) is 2. The fraction of sp³-hybridized carbons (Fsp3) is 0.167. The number of rotatable bonds is 3. The Kier molecular flexibility index (Phi) is 4.44. The number of carbonyl (C=O) groups is 2. The number of halogens is 2. The first-order chi connectivity index (χ1) is 8.31. The van der Waals surface area contributed by atoms with Gasteiger partial charge in [0.1, 0.15) is 5.82 Å². The van der Waals surface area contributed by atoms with Crippen LogP contribution in [-0.2, 0) is 9.59 Å². The Morgan fingerprint density at radius 2 is 1.83 bits per heavy atom. The summed E-state index contributed by atoms with van der Waals surface area (Å²) in [6.45, 7) is 2.69. The van der Waals surface area contributed by atoms with Gasteiger partial charge in [-0.25, -0.2) is 9.18 Å². The van der Waals surface area contributed by atoms with E-state index in [4.69, 9.17) is 16.7 Å². The first-order valence-electron chi connectivity index (χ1n) is 4.99. The standard InChI is InChI=1S/C12H11ClFNO3/c1-6(7(2)12(17)18)11(16)15-10-4-8(13)3-9(14)5-10/h3-5H,1-2H3,(H,15,16)(H,17,18)/b7-6+. The molecule has 2 N–H and O–H groups in total. The van der Waals surface area contributed by atoms with Crippen LogP contribution in [0.4, 0.5) is 10.1 Å². The summed E-state index contributed by atoms with van der Waals surface area (Å²) in [4.78, 5) is 22.4. The minimum Gasteiger partial charge on any atom is -0.478 e. The third-order valence-corrected chi connectivity index (χ3v) is 2.56. The van der Waals surface area contributed by atoms with E-state index >= 15 is 0 Å². The lowest BCUT2D eigenvalue weighted by Crippen LogP contribution is -2.16. The van der Waals surface area contributed by atoms with E-state index < -0.39 is 17.7 Å². The molecule has 0 aliphatic rings. The summed E-state index contributed by atoms with van der Waals surface area (Å²) < 4.78 is 13.0. The van der Waals surface area contributed by atoms with Gasteiger partial charge in [-0.3, -0.25) is 4.79 Å². The van der Waals surface area contributed by atoms with Crippen molar-refractivity contribution in [2.75, 3.05) is 5.32 Å². The third kappa shape index (κ3) is 3.56. The lowest BCUT2D eigenvalue weighted by Gasteiger charge is -2.07. The first kappa shape index (κ1) is 14.2. The van der Waals surface area contributed by atoms with Gasteiger partial charge in [0.15, 0.2) is 0 Å². The maximum atomic E-state index is 13.0. The minimum atomic E-state index is -1.18. The van der Waals surface area contributed by atoms with Crippen LogP contribution in [0.15, 0.2) is 29.3 Å². The molecule has 0 aliphatic heterocycles. The Balaban J connectivity index is 2.95. The second kappa shape index (κ2) is 5.64. The Bertz CT molecular complexity index is 520. The van der Waals surface area contributed by atoms with Crippen molar-refractivity contribution in [3.63, 3.8) is 0 Å². The highest BCUT2D eigenvalue weighted by molar-refractivity contribution is 6.31. The zero-order chi connectivity index (χ0) is 13.9. The van der Waals surface area contributed by atoms with Crippen LogP contribution in [0.5, 0.6) is 0 Å². The van der Waals surface area contributed by atoms with Gasteiger partial charge in [0.2, 0.25) is 0 Å². The van der Waals surface area contributed by atoms with E-state index in [-0.39, 0.29) is 21.9 Å². The number of benzene rings is 1. The second-order valence-corrected chi connectivity index (χ2v) is 4.10. The predicted molar refractivity (Wildman–Crippen MR) is 66.0 cm³/mol. The van der Waals surface area contributed by atoms with Crippen molar-refractivity contribution in [3.05, 3.63) is 40.2 Å². The van der Waals surface area contributed by atoms with Crippen molar-refractivity contribution in [3.8, 4) is 0 Å². The van der Waals surface area contributed by atoms with Crippen LogP contribution in [0, 0.1) is 5.82 Å². The molecule has 6 heteroatoms. The number of hydrogen-bond donors (Lipinski definition) is 2. The molecule has 0 radical (unpaired) electrons. The zero-order valence-corrected chi connectivity index (χ0v) is 10.5. The third-order valence-electron chi connectivity index (χ3n) is 2.34. The van der Waals surface area contributed by atoms with E-state index in [9.17, 15) is 14.0 Å². The molecule has 0 unspecified atom stereocenters. The fourth-order valence-corrected chi connectivity index (χ4v) is 1.40. The maximum Gasteiger partial charge on any atom is 0.331 e. The predicted octanol–water partition coefficient (Wildman–Crippen LogP) is 2.84. The molecular weight excluding hydrogens is 261 g/mol. The summed E-state index contributed by atoms with van der Waals surface area (Å²) in [5.74, 6) is -2.38. The maximum absolute atomic E-state index is 13.0. The molecule has 0 bridgehead atoms. The Morgan fingerprint density at radius 1 is 1.22 bits per heavy atom. The van der Waals surface area contributed by atoms with Gasteiger partial charge in [0, 0.05) is 21.9 Å². The van der Waals surface area contributed by atoms with E-state index in [0.717, 1.165) is 12.1 Å². The van der Waals surface area contributed by atoms with E-state index in [1.807, 2.05) is 0 Å². The number of nitrogens with one attached hydrogen (secondary N) is 1. The van der Waals surface area contributed by atoms with Crippen LogP contribution in [0.1, 0.15) is 13.8 Å². The highest BCUT2D eigenvalue weighted by atomic mass is 35.5. The molecular formula is C12H11ClFNO3. The molecule has 0 heterocycles. The van der Waals surface area contributed by atoms with Gasteiger partial charge in [-0.1, -0.05) is 11.6 Å². The Morgan fingerprint density at radius 3 is 2.33 bits per heavy atom. The molecule has 0 spiro atoms. The first-order valence-corrected chi connectivity index (χ1v) is 5.37. The van der Waals surface area contributed by atoms with E-state index in [0.29, 0.717) is 0 Å². The van der Waals surface area contributed by atoms with Crippen molar-refractivity contribution in [1.82, 2.24) is 0 Å². The molecule has 18 heavy (non-hydrogen) atoms. The van der Waals surface area contributed by atoms with Crippen molar-refractivity contribution < 1.29 is 19.1 Å². The highest BCUT2D eigenvalue weighted by Gasteiger charge is 2.13. The summed E-state index contributed by atoms with van der Waals surface area (Å²) >= 11 is 5.63. The van der Waals surface area contributed by atoms with Crippen molar-refractivity contribution in [2.24, 2.45) is 0 Å². The SMILES string of the molecule is C/C(C(=O)O)=C(/C)C(=O)Nc1cc(F)cc(Cl)c1. The average Bonchev–Trinajstić information content (AvgIpc) is 2.25. The molecule has 1 aromatic carbocycles. The normalized spacial score (nSPS) is 11.8. The smallest absolute Gasteiger partial charge is 0.331 e. The lowest BCUT2D eigenvalue weighted by molar-refractivity contribution is -0.133. The molecule has 1 amide bonds. The number of carboxylic acids is 1. The molecule has 4 nitrogen and oxygen atoms in total. The van der Waals surface area contributed by atoms with Gasteiger partial charge in [-0.15, -0.1) is 0 Å². The lowest BCUT2D eigenvalue weighted by atomic mass is 10.1. The van der Waals surface area contributed by atoms with Crippen LogP contribution < -0.4 is 5.32 Å². The van der Waals surface area contributed by atoms with Crippen molar-refractivity contribution in [2.45, 2.75) is 13.8 Å². The summed E-state index contributed by atoms with van der Waals surface area (Å²) in [6, 6.07) is 3.56. The van der Waals surface area contributed by atoms with Crippen LogP contribution in [0.2, 0.25) is 5.02 Å². The second-order valence-electron chi connectivity index (χ2n) is 3.67. The molecule has 0 aliphatic carbocycles. The summed E-state index contributed by atoms with van der Waals surface area (Å²) in [5, 5.41) is 11.3. The molecule has 1 rings (SSSR count). The van der Waals surface area contributed by atoms with Gasteiger partial charge >= 0.3 is 5.97 Å². The van der Waals surface area contributed by atoms with E-state index in [1.54, 1.807) is 0 Å². The van der Waals surface area contributed by atoms with Crippen LogP contribution in [0.3, 0.4) is 0 Å². The van der Waals surface area contributed by atoms with E-state index in [1.165, 1.54) is 19.9 Å². The number of carbonyl (C=O) groups excluding carboxylic acids is 1. The van der Waals surface area contributed by atoms with Crippen LogP contribution in [0.25, 0.3) is 0 Å². The molecule has 0 fully saturated rings. The topological polar surface area (TPSA) is 66.4 Å². The molecule has 0 aromatic heterocycles. The molecule has 1 aromatic rings. The van der Waals surface area contributed by atoms with Crippen molar-refractivity contribution in [1.29, 1.82) is 0 Å². The number of aliphatic carboxylic acids is 1. The summed E-state index contributed by atoms with van der Waals surface area (Å²) in [6.07, 6.45) is 0. The van der Waals surface area contributed by atoms with Gasteiger partial charge < -0.3 is 10.4 Å². The average molecular weight is 272 g/mol. The molecule has 0 saturated carbocycles. The highest BCUT2D eigenvalue weighted by Crippen LogP contribution is 2.19. The fourth-order valence-electron chi connectivity index (χ4n) is 1.18. The van der Waals surface area contributed by atoms with Gasteiger partial charge in [-0.2, -0.15) is 0 Å². The summed E-state index contributed by atoms with van der Waals surface area (Å²) in [5.41, 5.74) is 0.139. The van der Waals surface area contributed by atoms with Crippen LogP contribution in [-0.4, -0.2) is 17.0 Å². The molecule has 0 atom stereocenters. The van der Waals surface area contributed by atoms with Crippen molar-refractivity contribution >= 4 is 29.2 Å².